The first-order valence-electron chi connectivity index (χ1n) is 8.54. The maximum atomic E-state index is 6.49. The minimum Gasteiger partial charge on any atom is -0.368 e. The molecular formula is C16H34O6Si. The van der Waals surface area contributed by atoms with Crippen LogP contribution in [-0.4, -0.2) is 53.9 Å². The fourth-order valence-electron chi connectivity index (χ4n) is 3.04. The van der Waals surface area contributed by atoms with Crippen molar-refractivity contribution in [2.45, 2.75) is 77.4 Å². The van der Waals surface area contributed by atoms with Gasteiger partial charge in [0.15, 0.2) is 0 Å². The number of hydrogen-bond acceptors (Lipinski definition) is 6. The fraction of sp³-hybridized carbons (Fsp3) is 1.00. The van der Waals surface area contributed by atoms with Crippen molar-refractivity contribution in [3.63, 3.8) is 0 Å². The van der Waals surface area contributed by atoms with Crippen molar-refractivity contribution in [2.75, 3.05) is 27.4 Å². The van der Waals surface area contributed by atoms with Crippen molar-refractivity contribution < 1.29 is 27.8 Å². The zero-order valence-electron chi connectivity index (χ0n) is 15.8. The Hall–Kier alpha value is -0.0231. The second kappa shape index (κ2) is 8.89. The lowest BCUT2D eigenvalue weighted by molar-refractivity contribution is -0.397. The molecule has 1 fully saturated rings. The molecule has 1 aliphatic rings. The third-order valence-electron chi connectivity index (χ3n) is 4.37. The van der Waals surface area contributed by atoms with Gasteiger partial charge in [-0.1, -0.05) is 20.3 Å². The predicted molar refractivity (Wildman–Crippen MR) is 90.3 cm³/mol. The standard InChI is InChI=1S/C16H34O6Si/c1-8-13-23(7,21-14(3)17-5)22-15(4,18-6)16(9-2)19-11-10-12-20-16/h14H,8-13H2,1-7H3. The summed E-state index contributed by atoms with van der Waals surface area (Å²) < 4.78 is 35.6. The molecule has 7 heteroatoms. The van der Waals surface area contributed by atoms with Crippen LogP contribution in [0.25, 0.3) is 0 Å². The van der Waals surface area contributed by atoms with Crippen molar-refractivity contribution in [2.24, 2.45) is 0 Å². The first-order chi connectivity index (χ1) is 10.8. The highest BCUT2D eigenvalue weighted by atomic mass is 28.4. The summed E-state index contributed by atoms with van der Waals surface area (Å²) in [6, 6.07) is 0.833. The van der Waals surface area contributed by atoms with E-state index in [9.17, 15) is 0 Å². The van der Waals surface area contributed by atoms with Crippen LogP contribution in [0.5, 0.6) is 0 Å². The lowest BCUT2D eigenvalue weighted by atomic mass is 10.0. The summed E-state index contributed by atoms with van der Waals surface area (Å²) in [6.45, 7) is 11.2. The Morgan fingerprint density at radius 1 is 1.22 bits per heavy atom. The molecule has 0 aromatic carbocycles. The molecule has 0 aromatic heterocycles. The summed E-state index contributed by atoms with van der Waals surface area (Å²) in [5.41, 5.74) is 0. The van der Waals surface area contributed by atoms with Gasteiger partial charge in [-0.05, 0) is 32.9 Å². The summed E-state index contributed by atoms with van der Waals surface area (Å²) in [7, 11) is 0.704. The van der Waals surface area contributed by atoms with Crippen molar-refractivity contribution in [1.82, 2.24) is 0 Å². The van der Waals surface area contributed by atoms with E-state index in [1.54, 1.807) is 14.2 Å². The first-order valence-corrected chi connectivity index (χ1v) is 11.1. The monoisotopic (exact) mass is 350 g/mol. The van der Waals surface area contributed by atoms with E-state index in [0.29, 0.717) is 19.6 Å². The van der Waals surface area contributed by atoms with E-state index in [0.717, 1.165) is 18.9 Å². The Kier molecular flexibility index (Phi) is 8.13. The van der Waals surface area contributed by atoms with Crippen LogP contribution in [0.15, 0.2) is 0 Å². The van der Waals surface area contributed by atoms with Crippen molar-refractivity contribution in [3.05, 3.63) is 0 Å². The summed E-state index contributed by atoms with van der Waals surface area (Å²) >= 11 is 0. The highest BCUT2D eigenvalue weighted by Gasteiger charge is 2.56. The minimum absolute atomic E-state index is 0.329. The Morgan fingerprint density at radius 2 is 1.83 bits per heavy atom. The summed E-state index contributed by atoms with van der Waals surface area (Å²) in [5.74, 6) is -1.95. The van der Waals surface area contributed by atoms with Gasteiger partial charge in [0.2, 0.25) is 11.6 Å². The molecule has 0 amide bonds. The SMILES string of the molecule is CCC[Si](C)(OC(C)OC)OC(C)(OC)C1(CC)OCCCO1. The Balaban J connectivity index is 3.03. The van der Waals surface area contributed by atoms with Crippen molar-refractivity contribution >= 4 is 8.56 Å². The van der Waals surface area contributed by atoms with Gasteiger partial charge in [0.05, 0.1) is 13.2 Å². The normalized spacial score (nSPS) is 24.7. The molecule has 0 saturated carbocycles. The van der Waals surface area contributed by atoms with Gasteiger partial charge in [-0.3, -0.25) is 0 Å². The van der Waals surface area contributed by atoms with Gasteiger partial charge in [0.1, 0.15) is 6.29 Å². The molecule has 23 heavy (non-hydrogen) atoms. The van der Waals surface area contributed by atoms with Gasteiger partial charge in [-0.25, -0.2) is 0 Å². The minimum atomic E-state index is -2.55. The average molecular weight is 351 g/mol. The molecule has 6 nitrogen and oxygen atoms in total. The molecule has 3 atom stereocenters. The maximum Gasteiger partial charge on any atom is 0.339 e. The Labute approximate surface area is 142 Å². The average Bonchev–Trinajstić information content (AvgIpc) is 2.54. The maximum absolute atomic E-state index is 6.49. The second-order valence-electron chi connectivity index (χ2n) is 6.21. The molecule has 0 aromatic rings. The first kappa shape index (κ1) is 21.0. The lowest BCUT2D eigenvalue weighted by Gasteiger charge is -2.50. The molecule has 1 heterocycles. The third kappa shape index (κ3) is 4.98. The quantitative estimate of drug-likeness (QED) is 0.445. The zero-order chi connectivity index (χ0) is 17.6. The molecule has 0 N–H and O–H groups in total. The summed E-state index contributed by atoms with van der Waals surface area (Å²) in [4.78, 5) is 0. The molecular weight excluding hydrogens is 316 g/mol. The fourth-order valence-corrected chi connectivity index (χ4v) is 6.07. The Bertz CT molecular complexity index is 349. The largest absolute Gasteiger partial charge is 0.368 e. The van der Waals surface area contributed by atoms with Crippen LogP contribution in [0.2, 0.25) is 12.6 Å². The van der Waals surface area contributed by atoms with Gasteiger partial charge in [-0.15, -0.1) is 0 Å². The van der Waals surface area contributed by atoms with Gasteiger partial charge >= 0.3 is 8.56 Å². The number of hydrogen-bond donors (Lipinski definition) is 0. The van der Waals surface area contributed by atoms with Crippen LogP contribution in [0, 0.1) is 0 Å². The molecule has 0 aliphatic carbocycles. The van der Waals surface area contributed by atoms with E-state index in [2.05, 4.69) is 6.92 Å². The van der Waals surface area contributed by atoms with Crippen LogP contribution in [0.3, 0.4) is 0 Å². The van der Waals surface area contributed by atoms with Gasteiger partial charge in [0.25, 0.3) is 0 Å². The van der Waals surface area contributed by atoms with Crippen LogP contribution < -0.4 is 0 Å². The van der Waals surface area contributed by atoms with E-state index >= 15 is 0 Å². The van der Waals surface area contributed by atoms with Crippen molar-refractivity contribution in [3.8, 4) is 0 Å². The van der Waals surface area contributed by atoms with Crippen LogP contribution in [-0.2, 0) is 27.8 Å². The van der Waals surface area contributed by atoms with Crippen LogP contribution >= 0.6 is 0 Å². The van der Waals surface area contributed by atoms with Crippen LogP contribution in [0.4, 0.5) is 0 Å². The topological polar surface area (TPSA) is 55.4 Å². The lowest BCUT2D eigenvalue weighted by Crippen LogP contribution is -2.64. The molecule has 1 rings (SSSR count). The molecule has 0 radical (unpaired) electrons. The molecule has 0 bridgehead atoms. The number of methoxy groups -OCH3 is 2. The van der Waals surface area contributed by atoms with E-state index in [4.69, 9.17) is 27.8 Å². The number of rotatable bonds is 10. The van der Waals surface area contributed by atoms with Crippen LogP contribution in [0.1, 0.15) is 47.0 Å². The third-order valence-corrected chi connectivity index (χ3v) is 7.43. The highest BCUT2D eigenvalue weighted by Crippen LogP contribution is 2.40. The molecule has 0 spiro atoms. The van der Waals surface area contributed by atoms with Gasteiger partial charge in [-0.2, -0.15) is 0 Å². The van der Waals surface area contributed by atoms with E-state index in [1.165, 1.54) is 0 Å². The highest BCUT2D eigenvalue weighted by molar-refractivity contribution is 6.66. The van der Waals surface area contributed by atoms with E-state index < -0.39 is 20.1 Å². The Morgan fingerprint density at radius 3 is 2.26 bits per heavy atom. The molecule has 138 valence electrons. The van der Waals surface area contributed by atoms with Gasteiger partial charge in [0, 0.05) is 20.6 Å². The second-order valence-corrected chi connectivity index (χ2v) is 9.42. The smallest absolute Gasteiger partial charge is 0.339 e. The van der Waals surface area contributed by atoms with Crippen molar-refractivity contribution in [1.29, 1.82) is 0 Å². The van der Waals surface area contributed by atoms with E-state index in [-0.39, 0.29) is 6.29 Å². The van der Waals surface area contributed by atoms with E-state index in [1.807, 2.05) is 27.3 Å². The summed E-state index contributed by atoms with van der Waals surface area (Å²) in [6.07, 6.45) is 2.14. The molecule has 1 aliphatic heterocycles. The summed E-state index contributed by atoms with van der Waals surface area (Å²) in [5, 5.41) is 0. The predicted octanol–water partition coefficient (Wildman–Crippen LogP) is 3.40. The number of ether oxygens (including phenoxy) is 4. The molecule has 1 saturated heterocycles. The van der Waals surface area contributed by atoms with Gasteiger partial charge < -0.3 is 27.8 Å². The molecule has 3 unspecified atom stereocenters. The zero-order valence-corrected chi connectivity index (χ0v) is 16.8.